The van der Waals surface area contributed by atoms with Crippen molar-refractivity contribution >= 4 is 32.7 Å². The molecule has 0 saturated heterocycles. The second kappa shape index (κ2) is 4.82. The summed E-state index contributed by atoms with van der Waals surface area (Å²) in [6.07, 6.45) is 2.27. The first-order valence-electron chi connectivity index (χ1n) is 7.63. The molecule has 116 valence electrons. The molecule has 0 fully saturated rings. The minimum absolute atomic E-state index is 0.0852. The Hall–Kier alpha value is -1.35. The Balaban J connectivity index is 2.42. The molecular formula is C19H21BrO2. The predicted molar refractivity (Wildman–Crippen MR) is 93.9 cm³/mol. The van der Waals surface area contributed by atoms with Crippen LogP contribution in [0.25, 0.3) is 10.8 Å². The molecule has 0 spiro atoms. The van der Waals surface area contributed by atoms with Gasteiger partial charge in [0, 0.05) is 4.47 Å². The van der Waals surface area contributed by atoms with Gasteiger partial charge in [0.15, 0.2) is 0 Å². The van der Waals surface area contributed by atoms with Crippen molar-refractivity contribution in [3.05, 3.63) is 45.4 Å². The molecule has 0 aliphatic heterocycles. The lowest BCUT2D eigenvalue weighted by molar-refractivity contribution is 0.0699. The third kappa shape index (κ3) is 2.36. The first-order chi connectivity index (χ1) is 10.1. The maximum absolute atomic E-state index is 11.6. The number of hydrogen-bond acceptors (Lipinski definition) is 1. The van der Waals surface area contributed by atoms with Crippen molar-refractivity contribution in [1.82, 2.24) is 0 Å². The molecule has 0 saturated carbocycles. The molecule has 1 N–H and O–H groups in total. The van der Waals surface area contributed by atoms with E-state index in [2.05, 4.69) is 55.8 Å². The molecule has 0 amide bonds. The first kappa shape index (κ1) is 15.5. The molecule has 2 nitrogen and oxygen atoms in total. The molecule has 2 aromatic rings. The highest BCUT2D eigenvalue weighted by Gasteiger charge is 2.37. The van der Waals surface area contributed by atoms with Crippen LogP contribution >= 0.6 is 15.9 Å². The Labute approximate surface area is 139 Å². The largest absolute Gasteiger partial charge is 0.478 e. The summed E-state index contributed by atoms with van der Waals surface area (Å²) in [5.41, 5.74) is 3.23. The molecule has 0 radical (unpaired) electrons. The lowest BCUT2D eigenvalue weighted by Crippen LogP contribution is -2.33. The molecular weight excluding hydrogens is 340 g/mol. The summed E-state index contributed by atoms with van der Waals surface area (Å²) >= 11 is 3.44. The van der Waals surface area contributed by atoms with Gasteiger partial charge in [0.05, 0.1) is 5.56 Å². The van der Waals surface area contributed by atoms with Crippen molar-refractivity contribution < 1.29 is 9.90 Å². The maximum atomic E-state index is 11.6. The zero-order valence-electron chi connectivity index (χ0n) is 13.5. The van der Waals surface area contributed by atoms with E-state index >= 15 is 0 Å². The van der Waals surface area contributed by atoms with Gasteiger partial charge in [-0.2, -0.15) is 0 Å². The number of aromatic carboxylic acids is 1. The third-order valence-corrected chi connectivity index (χ3v) is 5.58. The topological polar surface area (TPSA) is 37.3 Å². The molecule has 3 heteroatoms. The highest BCUT2D eigenvalue weighted by molar-refractivity contribution is 9.10. The Bertz CT molecular complexity index is 788. The maximum Gasteiger partial charge on any atom is 0.336 e. The van der Waals surface area contributed by atoms with Crippen LogP contribution in [0.2, 0.25) is 0 Å². The van der Waals surface area contributed by atoms with E-state index in [0.29, 0.717) is 5.56 Å². The Morgan fingerprint density at radius 2 is 1.55 bits per heavy atom. The van der Waals surface area contributed by atoms with Gasteiger partial charge in [-0.15, -0.1) is 0 Å². The van der Waals surface area contributed by atoms with E-state index in [0.717, 1.165) is 28.1 Å². The van der Waals surface area contributed by atoms with Crippen LogP contribution < -0.4 is 0 Å². The summed E-state index contributed by atoms with van der Waals surface area (Å²) in [5, 5.41) is 11.4. The number of benzene rings is 2. The molecule has 0 aromatic heterocycles. The van der Waals surface area contributed by atoms with Gasteiger partial charge in [0.1, 0.15) is 0 Å². The molecule has 0 bridgehead atoms. The van der Waals surface area contributed by atoms with E-state index in [1.807, 2.05) is 6.07 Å². The van der Waals surface area contributed by atoms with Gasteiger partial charge in [0.2, 0.25) is 0 Å². The van der Waals surface area contributed by atoms with Crippen molar-refractivity contribution in [1.29, 1.82) is 0 Å². The van der Waals surface area contributed by atoms with Crippen LogP contribution in [0.5, 0.6) is 0 Å². The monoisotopic (exact) mass is 360 g/mol. The molecule has 0 unspecified atom stereocenters. The van der Waals surface area contributed by atoms with Crippen molar-refractivity contribution in [2.75, 3.05) is 0 Å². The average molecular weight is 361 g/mol. The fourth-order valence-corrected chi connectivity index (χ4v) is 4.04. The summed E-state index contributed by atoms with van der Waals surface area (Å²) in [6, 6.07) is 8.02. The zero-order valence-corrected chi connectivity index (χ0v) is 15.0. The van der Waals surface area contributed by atoms with Crippen molar-refractivity contribution in [3.8, 4) is 0 Å². The van der Waals surface area contributed by atoms with E-state index in [9.17, 15) is 9.90 Å². The quantitative estimate of drug-likeness (QED) is 0.713. The average Bonchev–Trinajstić information content (AvgIpc) is 2.41. The Morgan fingerprint density at radius 3 is 2.09 bits per heavy atom. The fourth-order valence-electron chi connectivity index (χ4n) is 3.57. The van der Waals surface area contributed by atoms with Crippen LogP contribution in [0.15, 0.2) is 28.7 Å². The van der Waals surface area contributed by atoms with Gasteiger partial charge in [0.25, 0.3) is 0 Å². The van der Waals surface area contributed by atoms with Gasteiger partial charge in [-0.05, 0) is 63.8 Å². The zero-order chi connectivity index (χ0) is 16.3. The molecule has 0 heterocycles. The second-order valence-corrected chi connectivity index (χ2v) is 8.56. The van der Waals surface area contributed by atoms with E-state index in [-0.39, 0.29) is 10.8 Å². The second-order valence-electron chi connectivity index (χ2n) is 7.65. The lowest BCUT2D eigenvalue weighted by Gasteiger charge is -2.42. The minimum Gasteiger partial charge on any atom is -0.478 e. The number of carboxylic acids is 1. The van der Waals surface area contributed by atoms with Crippen molar-refractivity contribution in [2.24, 2.45) is 0 Å². The summed E-state index contributed by atoms with van der Waals surface area (Å²) in [6.45, 7) is 9.07. The highest BCUT2D eigenvalue weighted by Crippen LogP contribution is 2.47. The number of carbonyl (C=O) groups is 1. The molecule has 2 aromatic carbocycles. The van der Waals surface area contributed by atoms with Crippen LogP contribution in [0.1, 0.15) is 62.0 Å². The smallest absolute Gasteiger partial charge is 0.336 e. The van der Waals surface area contributed by atoms with Crippen LogP contribution in [0.4, 0.5) is 0 Å². The first-order valence-corrected chi connectivity index (χ1v) is 8.43. The summed E-state index contributed by atoms with van der Waals surface area (Å²) < 4.78 is 0.810. The van der Waals surface area contributed by atoms with Gasteiger partial charge in [-0.25, -0.2) is 4.79 Å². The van der Waals surface area contributed by atoms with E-state index in [1.165, 1.54) is 11.1 Å². The Kier molecular flexibility index (Phi) is 3.41. The van der Waals surface area contributed by atoms with Crippen LogP contribution in [-0.4, -0.2) is 11.1 Å². The number of fused-ring (bicyclic) bond motifs is 2. The highest BCUT2D eigenvalue weighted by atomic mass is 79.9. The number of rotatable bonds is 1. The Morgan fingerprint density at radius 1 is 1.00 bits per heavy atom. The molecule has 1 aliphatic rings. The predicted octanol–water partition coefficient (Wildman–Crippen LogP) is 5.65. The molecule has 1 aliphatic carbocycles. The molecule has 3 rings (SSSR count). The van der Waals surface area contributed by atoms with E-state index < -0.39 is 5.97 Å². The van der Waals surface area contributed by atoms with E-state index in [1.54, 1.807) is 6.07 Å². The summed E-state index contributed by atoms with van der Waals surface area (Å²) in [5.74, 6) is -0.876. The molecule has 22 heavy (non-hydrogen) atoms. The summed E-state index contributed by atoms with van der Waals surface area (Å²) in [7, 11) is 0. The SMILES string of the molecule is CC1(C)CCC(C)(C)c2cc3c(C(=O)O)cc(Br)cc3cc21. The number of carboxylic acid groups (broad SMARTS) is 1. The normalized spacial score (nSPS) is 19.0. The van der Waals surface area contributed by atoms with E-state index in [4.69, 9.17) is 0 Å². The lowest BCUT2D eigenvalue weighted by atomic mass is 9.62. The number of halogens is 1. The van der Waals surface area contributed by atoms with Gasteiger partial charge in [-0.3, -0.25) is 0 Å². The fraction of sp³-hybridized carbons (Fsp3) is 0.421. The van der Waals surface area contributed by atoms with Crippen LogP contribution in [0, 0.1) is 0 Å². The molecule has 0 atom stereocenters. The summed E-state index contributed by atoms with van der Waals surface area (Å²) in [4.78, 5) is 11.6. The van der Waals surface area contributed by atoms with Gasteiger partial charge >= 0.3 is 5.97 Å². The third-order valence-electron chi connectivity index (χ3n) is 5.12. The van der Waals surface area contributed by atoms with Gasteiger partial charge in [-0.1, -0.05) is 49.7 Å². The van der Waals surface area contributed by atoms with Crippen LogP contribution in [-0.2, 0) is 10.8 Å². The number of hydrogen-bond donors (Lipinski definition) is 1. The standard InChI is InChI=1S/C19H21BrO2/c1-18(2)5-6-19(3,4)16-10-13-11(8-15(16)18)7-12(20)9-14(13)17(21)22/h7-10H,5-6H2,1-4H3,(H,21,22). The minimum atomic E-state index is -0.876. The van der Waals surface area contributed by atoms with Crippen molar-refractivity contribution in [3.63, 3.8) is 0 Å². The van der Waals surface area contributed by atoms with Crippen LogP contribution in [0.3, 0.4) is 0 Å². The van der Waals surface area contributed by atoms with Gasteiger partial charge < -0.3 is 5.11 Å². The van der Waals surface area contributed by atoms with Crippen molar-refractivity contribution in [2.45, 2.75) is 51.4 Å².